The molecule has 0 saturated heterocycles. The van der Waals surface area contributed by atoms with Crippen LogP contribution in [0.15, 0.2) is 0 Å². The first-order valence-corrected chi connectivity index (χ1v) is 10.8. The molecule has 0 spiro atoms. The van der Waals surface area contributed by atoms with Crippen LogP contribution >= 0.6 is 0 Å². The van der Waals surface area contributed by atoms with Gasteiger partial charge in [-0.1, -0.05) is 117 Å². The minimum absolute atomic E-state index is 0.941. The minimum atomic E-state index is 0.941. The van der Waals surface area contributed by atoms with Crippen molar-refractivity contribution in [3.8, 4) is 0 Å². The molecule has 0 N–H and O–H groups in total. The highest BCUT2D eigenvalue weighted by atomic mass is 16.5. The number of hydrogen-bond donors (Lipinski definition) is 0. The predicted octanol–water partition coefficient (Wildman–Crippen LogP) is 7.88. The third kappa shape index (κ3) is 22.0. The summed E-state index contributed by atoms with van der Waals surface area (Å²) in [5.41, 5.74) is 0. The number of unbranched alkanes of at least 4 members (excludes halogenated alkanes) is 16. The molecule has 0 aromatic heterocycles. The van der Waals surface area contributed by atoms with Gasteiger partial charge in [0.05, 0.1) is 0 Å². The Hall–Kier alpha value is -0.0400. The summed E-state index contributed by atoms with van der Waals surface area (Å²) in [7, 11) is 0. The summed E-state index contributed by atoms with van der Waals surface area (Å²) in [5, 5.41) is 0. The molecule has 0 rings (SSSR count). The average molecular weight is 326 g/mol. The molecule has 0 amide bonds. The van der Waals surface area contributed by atoms with Crippen molar-refractivity contribution in [2.75, 3.05) is 13.2 Å². The summed E-state index contributed by atoms with van der Waals surface area (Å²) in [5.74, 6) is 0. The number of hydrogen-bond acceptors (Lipinski definition) is 1. The highest BCUT2D eigenvalue weighted by Crippen LogP contribution is 2.13. The van der Waals surface area contributed by atoms with E-state index in [1.54, 1.807) is 0 Å². The molecule has 0 aromatic rings. The summed E-state index contributed by atoms with van der Waals surface area (Å²) in [6.07, 6.45) is 25.0. The first-order chi connectivity index (χ1) is 11.4. The minimum Gasteiger partial charge on any atom is -0.381 e. The van der Waals surface area contributed by atoms with Crippen molar-refractivity contribution >= 4 is 0 Å². The van der Waals surface area contributed by atoms with Gasteiger partial charge >= 0.3 is 0 Å². The lowest BCUT2D eigenvalue weighted by Gasteiger charge is -2.04. The van der Waals surface area contributed by atoms with Gasteiger partial charge < -0.3 is 4.74 Å². The normalized spacial score (nSPS) is 11.2. The molecule has 139 valence electrons. The lowest BCUT2D eigenvalue weighted by molar-refractivity contribution is 0.130. The molecule has 1 nitrogen and oxygen atoms in total. The Labute approximate surface area is 148 Å². The van der Waals surface area contributed by atoms with Gasteiger partial charge in [0.2, 0.25) is 0 Å². The number of rotatable bonds is 20. The van der Waals surface area contributed by atoms with E-state index in [-0.39, 0.29) is 0 Å². The first kappa shape index (κ1) is 23.0. The first-order valence-electron chi connectivity index (χ1n) is 10.8. The van der Waals surface area contributed by atoms with Gasteiger partial charge in [0, 0.05) is 13.2 Å². The summed E-state index contributed by atoms with van der Waals surface area (Å²) < 4.78 is 5.50. The van der Waals surface area contributed by atoms with Crippen LogP contribution in [-0.2, 0) is 4.74 Å². The second kappa shape index (κ2) is 22.0. The molecule has 1 heteroatoms. The van der Waals surface area contributed by atoms with Crippen molar-refractivity contribution in [2.45, 2.75) is 122 Å². The molecule has 0 bridgehead atoms. The summed E-state index contributed by atoms with van der Waals surface area (Å²) in [6.45, 7) is 7.99. The molecule has 0 aliphatic rings. The van der Waals surface area contributed by atoms with E-state index in [4.69, 9.17) is 4.74 Å². The van der Waals surface area contributed by atoms with E-state index in [1.165, 1.54) is 103 Å². The van der Waals surface area contributed by atoms with E-state index in [0.717, 1.165) is 26.1 Å². The molecule has 0 atom stereocenters. The largest absolute Gasteiger partial charge is 0.381 e. The second-order valence-corrected chi connectivity index (χ2v) is 7.12. The van der Waals surface area contributed by atoms with E-state index >= 15 is 0 Å². The summed E-state index contributed by atoms with van der Waals surface area (Å²) >= 11 is 0. The fourth-order valence-corrected chi connectivity index (χ4v) is 3.10. The number of ether oxygens (including phenoxy) is 1. The van der Waals surface area contributed by atoms with Gasteiger partial charge in [-0.2, -0.15) is 0 Å². The summed E-state index contributed by atoms with van der Waals surface area (Å²) in [6, 6.07) is 0. The van der Waals surface area contributed by atoms with Crippen molar-refractivity contribution in [3.05, 3.63) is 6.92 Å². The maximum atomic E-state index is 5.50. The van der Waals surface area contributed by atoms with E-state index in [0.29, 0.717) is 0 Å². The van der Waals surface area contributed by atoms with Crippen molar-refractivity contribution in [1.29, 1.82) is 0 Å². The van der Waals surface area contributed by atoms with Gasteiger partial charge in [-0.3, -0.25) is 0 Å². The fraction of sp³-hybridized carbons (Fsp3) is 0.955. The fourth-order valence-electron chi connectivity index (χ4n) is 3.10. The van der Waals surface area contributed by atoms with Crippen LogP contribution in [0.2, 0.25) is 0 Å². The molecule has 0 saturated carbocycles. The van der Waals surface area contributed by atoms with E-state index in [1.807, 2.05) is 0 Å². The lowest BCUT2D eigenvalue weighted by atomic mass is 10.0. The molecular weight excluding hydrogens is 280 g/mol. The molecule has 23 heavy (non-hydrogen) atoms. The maximum absolute atomic E-state index is 5.50. The molecule has 0 aliphatic heterocycles. The van der Waals surface area contributed by atoms with Gasteiger partial charge in [-0.15, -0.1) is 0 Å². The van der Waals surface area contributed by atoms with Gasteiger partial charge in [-0.05, 0) is 12.8 Å². The van der Waals surface area contributed by atoms with Crippen molar-refractivity contribution in [2.24, 2.45) is 0 Å². The van der Waals surface area contributed by atoms with Crippen molar-refractivity contribution in [1.82, 2.24) is 0 Å². The topological polar surface area (TPSA) is 9.23 Å². The third-order valence-electron chi connectivity index (χ3n) is 4.64. The van der Waals surface area contributed by atoms with E-state index < -0.39 is 0 Å². The van der Waals surface area contributed by atoms with Crippen LogP contribution in [0.1, 0.15) is 122 Å². The van der Waals surface area contributed by atoms with Crippen LogP contribution in [0, 0.1) is 6.92 Å². The Morgan fingerprint density at radius 2 is 0.826 bits per heavy atom. The second-order valence-electron chi connectivity index (χ2n) is 7.12. The summed E-state index contributed by atoms with van der Waals surface area (Å²) in [4.78, 5) is 0. The molecule has 0 fully saturated rings. The molecule has 1 radical (unpaired) electrons. The average Bonchev–Trinajstić information content (AvgIpc) is 2.57. The molecule has 0 unspecified atom stereocenters. The van der Waals surface area contributed by atoms with E-state index in [9.17, 15) is 0 Å². The molecule has 0 aromatic carbocycles. The predicted molar refractivity (Wildman–Crippen MR) is 105 cm³/mol. The zero-order valence-corrected chi connectivity index (χ0v) is 16.3. The standard InChI is InChI=1S/C22H45O/c1-3-5-6-7-8-9-10-11-12-13-14-15-16-17-18-19-20-22-23-21-4-2/h1,3-22H2,2H3. The van der Waals surface area contributed by atoms with Crippen LogP contribution in [0.3, 0.4) is 0 Å². The smallest absolute Gasteiger partial charge is 0.0466 e. The maximum Gasteiger partial charge on any atom is 0.0466 e. The van der Waals surface area contributed by atoms with Crippen molar-refractivity contribution in [3.63, 3.8) is 0 Å². The van der Waals surface area contributed by atoms with Gasteiger partial charge in [-0.25, -0.2) is 0 Å². The highest BCUT2D eigenvalue weighted by Gasteiger charge is 1.95. The zero-order chi connectivity index (χ0) is 16.8. The molecule has 0 heterocycles. The van der Waals surface area contributed by atoms with Gasteiger partial charge in [0.25, 0.3) is 0 Å². The molecule has 0 aliphatic carbocycles. The molecular formula is C22H45O. The Balaban J connectivity index is 2.92. The van der Waals surface area contributed by atoms with Crippen LogP contribution in [0.4, 0.5) is 0 Å². The lowest BCUT2D eigenvalue weighted by Crippen LogP contribution is -1.95. The van der Waals surface area contributed by atoms with Crippen LogP contribution in [0.5, 0.6) is 0 Å². The Morgan fingerprint density at radius 1 is 0.478 bits per heavy atom. The Bertz CT molecular complexity index is 170. The highest BCUT2D eigenvalue weighted by molar-refractivity contribution is 4.50. The van der Waals surface area contributed by atoms with E-state index in [2.05, 4.69) is 13.8 Å². The van der Waals surface area contributed by atoms with Gasteiger partial charge in [0.15, 0.2) is 0 Å². The van der Waals surface area contributed by atoms with Crippen molar-refractivity contribution < 1.29 is 4.74 Å². The van der Waals surface area contributed by atoms with Crippen LogP contribution in [0.25, 0.3) is 0 Å². The third-order valence-corrected chi connectivity index (χ3v) is 4.64. The van der Waals surface area contributed by atoms with Crippen LogP contribution < -0.4 is 0 Å². The monoisotopic (exact) mass is 325 g/mol. The Morgan fingerprint density at radius 3 is 1.17 bits per heavy atom. The van der Waals surface area contributed by atoms with Crippen LogP contribution in [-0.4, -0.2) is 13.2 Å². The zero-order valence-electron chi connectivity index (χ0n) is 16.3. The SMILES string of the molecule is [CH2]CCCCCCCCCCCCCCCCCCOCCC. The van der Waals surface area contributed by atoms with Gasteiger partial charge in [0.1, 0.15) is 0 Å². The Kier molecular flexibility index (Phi) is 21.9. The quantitative estimate of drug-likeness (QED) is 0.207.